The van der Waals surface area contributed by atoms with E-state index in [-0.39, 0.29) is 29.2 Å². The number of halogens is 6. The molecule has 0 aliphatic heterocycles. The summed E-state index contributed by atoms with van der Waals surface area (Å²) in [6.45, 7) is 2.22. The van der Waals surface area contributed by atoms with Crippen molar-refractivity contribution in [3.63, 3.8) is 0 Å². The molecule has 194 valence electrons. The van der Waals surface area contributed by atoms with Crippen molar-refractivity contribution in [2.45, 2.75) is 63.5 Å². The van der Waals surface area contributed by atoms with Crippen LogP contribution in [0.1, 0.15) is 60.6 Å². The predicted molar refractivity (Wildman–Crippen MR) is 123 cm³/mol. The Bertz CT molecular complexity index is 1270. The lowest BCUT2D eigenvalue weighted by molar-refractivity contribution is -0.185. The molecule has 0 bridgehead atoms. The number of hydrogen-bond donors (Lipinski definition) is 2. The number of primary amides is 1. The minimum Gasteiger partial charge on any atom is -0.366 e. The summed E-state index contributed by atoms with van der Waals surface area (Å²) in [5.41, 5.74) is 4.61. The fraction of sp³-hybridized carbons (Fsp3) is 0.440. The van der Waals surface area contributed by atoms with Crippen molar-refractivity contribution < 1.29 is 31.1 Å². The quantitative estimate of drug-likeness (QED) is 0.381. The third kappa shape index (κ3) is 4.80. The Morgan fingerprint density at radius 3 is 2.25 bits per heavy atom. The van der Waals surface area contributed by atoms with E-state index in [0.29, 0.717) is 17.7 Å². The van der Waals surface area contributed by atoms with Gasteiger partial charge >= 0.3 is 12.4 Å². The number of aromatic nitrogens is 2. The molecule has 0 atom stereocenters. The largest absolute Gasteiger partial charge is 0.417 e. The highest BCUT2D eigenvalue weighted by Crippen LogP contribution is 2.43. The molecule has 2 heterocycles. The first kappa shape index (κ1) is 26.0. The Labute approximate surface area is 203 Å². The molecule has 3 aromatic rings. The summed E-state index contributed by atoms with van der Waals surface area (Å²) >= 11 is 0. The SMILES string of the molecule is CC(C)(NCCc1ccc(-c2c(C(N)=O)c3cc(C(F)(F)F)cnc3n2C2CCC2)cc1)C(F)(F)F. The molecule has 5 nitrogen and oxygen atoms in total. The van der Waals surface area contributed by atoms with Crippen molar-refractivity contribution in [1.29, 1.82) is 0 Å². The molecule has 0 radical (unpaired) electrons. The van der Waals surface area contributed by atoms with E-state index < -0.39 is 29.4 Å². The van der Waals surface area contributed by atoms with Crippen LogP contribution in [-0.2, 0) is 12.6 Å². The normalized spacial score (nSPS) is 15.3. The van der Waals surface area contributed by atoms with Crippen molar-refractivity contribution >= 4 is 16.9 Å². The van der Waals surface area contributed by atoms with Gasteiger partial charge < -0.3 is 15.6 Å². The van der Waals surface area contributed by atoms with Crippen molar-refractivity contribution in [2.75, 3.05) is 6.54 Å². The minimum atomic E-state index is -4.63. The number of nitrogens with two attached hydrogens (primary N) is 1. The van der Waals surface area contributed by atoms with Gasteiger partial charge in [0, 0.05) is 17.6 Å². The maximum atomic E-state index is 13.4. The molecule has 0 saturated heterocycles. The standard InChI is InChI=1S/C25H26F6N4O/c1-23(2,25(29,30)31)34-11-10-14-6-8-15(9-7-14)20-19(21(32)36)18-12-16(24(26,27)28)13-33-22(18)35(20)17-4-3-5-17/h6-9,12-13,17,34H,3-5,10-11H2,1-2H3,(H2,32,36). The van der Waals surface area contributed by atoms with Crippen molar-refractivity contribution in [3.8, 4) is 11.3 Å². The minimum absolute atomic E-state index is 0.0307. The number of alkyl halides is 6. The van der Waals surface area contributed by atoms with Crippen LogP contribution in [0, 0.1) is 0 Å². The van der Waals surface area contributed by atoms with Crippen molar-refractivity contribution in [2.24, 2.45) is 5.73 Å². The maximum absolute atomic E-state index is 13.4. The van der Waals surface area contributed by atoms with Gasteiger partial charge in [-0.25, -0.2) is 4.98 Å². The molecule has 1 aromatic carbocycles. The summed E-state index contributed by atoms with van der Waals surface area (Å²) in [6.07, 6.45) is -5.43. The Hall–Kier alpha value is -3.08. The molecule has 0 unspecified atom stereocenters. The predicted octanol–water partition coefficient (Wildman–Crippen LogP) is 6.02. The number of fused-ring (bicyclic) bond motifs is 1. The summed E-state index contributed by atoms with van der Waals surface area (Å²) < 4.78 is 81.0. The molecule has 0 spiro atoms. The summed E-state index contributed by atoms with van der Waals surface area (Å²) in [6, 6.07) is 7.71. The van der Waals surface area contributed by atoms with Gasteiger partial charge in [0.05, 0.1) is 16.8 Å². The Morgan fingerprint density at radius 1 is 1.11 bits per heavy atom. The lowest BCUT2D eigenvalue weighted by Crippen LogP contribution is -2.52. The molecule has 36 heavy (non-hydrogen) atoms. The van der Waals surface area contributed by atoms with Crippen LogP contribution in [-0.4, -0.2) is 33.7 Å². The van der Waals surface area contributed by atoms with Crippen LogP contribution >= 0.6 is 0 Å². The molecule has 1 saturated carbocycles. The third-order valence-corrected chi connectivity index (χ3v) is 6.77. The van der Waals surface area contributed by atoms with E-state index in [1.807, 2.05) is 0 Å². The van der Waals surface area contributed by atoms with E-state index in [1.54, 1.807) is 28.8 Å². The molecule has 2 aromatic heterocycles. The van der Waals surface area contributed by atoms with E-state index in [9.17, 15) is 31.1 Å². The monoisotopic (exact) mass is 512 g/mol. The number of rotatable bonds is 7. The van der Waals surface area contributed by atoms with Crippen LogP contribution in [0.5, 0.6) is 0 Å². The molecular weight excluding hydrogens is 486 g/mol. The van der Waals surface area contributed by atoms with Crippen LogP contribution in [0.15, 0.2) is 36.5 Å². The van der Waals surface area contributed by atoms with Gasteiger partial charge in [-0.3, -0.25) is 4.79 Å². The molecular formula is C25H26F6N4O. The van der Waals surface area contributed by atoms with Gasteiger partial charge in [0.2, 0.25) is 0 Å². The van der Waals surface area contributed by atoms with E-state index in [4.69, 9.17) is 5.73 Å². The van der Waals surface area contributed by atoms with Gasteiger partial charge in [-0.1, -0.05) is 24.3 Å². The molecule has 4 rings (SSSR count). The van der Waals surface area contributed by atoms with Gasteiger partial charge in [-0.05, 0) is 63.3 Å². The van der Waals surface area contributed by atoms with E-state index >= 15 is 0 Å². The van der Waals surface area contributed by atoms with Crippen molar-refractivity contribution in [3.05, 3.63) is 53.2 Å². The summed E-state index contributed by atoms with van der Waals surface area (Å²) in [7, 11) is 0. The van der Waals surface area contributed by atoms with Crippen LogP contribution in [0.4, 0.5) is 26.3 Å². The van der Waals surface area contributed by atoms with Gasteiger partial charge in [0.15, 0.2) is 0 Å². The maximum Gasteiger partial charge on any atom is 0.417 e. The van der Waals surface area contributed by atoms with E-state index in [2.05, 4.69) is 10.3 Å². The highest BCUT2D eigenvalue weighted by Gasteiger charge is 2.46. The smallest absolute Gasteiger partial charge is 0.366 e. The first-order valence-corrected chi connectivity index (χ1v) is 11.5. The van der Waals surface area contributed by atoms with Crippen molar-refractivity contribution in [1.82, 2.24) is 14.9 Å². The Morgan fingerprint density at radius 2 is 1.75 bits per heavy atom. The highest BCUT2D eigenvalue weighted by atomic mass is 19.4. The third-order valence-electron chi connectivity index (χ3n) is 6.77. The van der Waals surface area contributed by atoms with Gasteiger partial charge in [0.25, 0.3) is 5.91 Å². The van der Waals surface area contributed by atoms with Crippen LogP contribution in [0.2, 0.25) is 0 Å². The molecule has 1 aliphatic rings. The number of nitrogens with zero attached hydrogens (tertiary/aromatic N) is 2. The second-order valence-electron chi connectivity index (χ2n) is 9.63. The van der Waals surface area contributed by atoms with Gasteiger partial charge in [-0.15, -0.1) is 0 Å². The number of amides is 1. The zero-order valence-electron chi connectivity index (χ0n) is 19.7. The fourth-order valence-electron chi connectivity index (χ4n) is 4.32. The molecule has 11 heteroatoms. The fourth-order valence-corrected chi connectivity index (χ4v) is 4.32. The molecule has 1 amide bonds. The Kier molecular flexibility index (Phi) is 6.57. The van der Waals surface area contributed by atoms with Crippen LogP contribution in [0.3, 0.4) is 0 Å². The highest BCUT2D eigenvalue weighted by molar-refractivity contribution is 6.11. The van der Waals surface area contributed by atoms with E-state index in [0.717, 1.165) is 50.9 Å². The number of pyridine rings is 1. The summed E-state index contributed by atoms with van der Waals surface area (Å²) in [5, 5.41) is 2.55. The second kappa shape index (κ2) is 9.10. The Balaban J connectivity index is 1.72. The topological polar surface area (TPSA) is 72.9 Å². The summed E-state index contributed by atoms with van der Waals surface area (Å²) in [4.78, 5) is 16.6. The first-order valence-electron chi connectivity index (χ1n) is 11.5. The zero-order valence-corrected chi connectivity index (χ0v) is 19.7. The molecule has 3 N–H and O–H groups in total. The number of nitrogens with one attached hydrogen (secondary N) is 1. The number of carbonyl (C=O) groups excluding carboxylic acids is 1. The zero-order chi connectivity index (χ0) is 26.5. The lowest BCUT2D eigenvalue weighted by Gasteiger charge is -2.30. The lowest BCUT2D eigenvalue weighted by atomic mass is 9.92. The molecule has 1 aliphatic carbocycles. The van der Waals surface area contributed by atoms with Gasteiger partial charge in [-0.2, -0.15) is 26.3 Å². The average Bonchev–Trinajstić information content (AvgIpc) is 3.06. The van der Waals surface area contributed by atoms with E-state index in [1.165, 1.54) is 0 Å². The number of benzene rings is 1. The molecule has 1 fully saturated rings. The first-order chi connectivity index (χ1) is 16.7. The number of hydrogen-bond acceptors (Lipinski definition) is 3. The van der Waals surface area contributed by atoms with Crippen LogP contribution < -0.4 is 11.1 Å². The average molecular weight is 512 g/mol. The second-order valence-corrected chi connectivity index (χ2v) is 9.63. The van der Waals surface area contributed by atoms with Crippen LogP contribution in [0.25, 0.3) is 22.3 Å². The van der Waals surface area contributed by atoms with Gasteiger partial charge in [0.1, 0.15) is 11.2 Å². The number of carbonyl (C=O) groups is 1. The summed E-state index contributed by atoms with van der Waals surface area (Å²) in [5.74, 6) is -0.864.